The van der Waals surface area contributed by atoms with Crippen LogP contribution in [0.3, 0.4) is 0 Å². The van der Waals surface area contributed by atoms with E-state index in [0.717, 1.165) is 37.3 Å². The van der Waals surface area contributed by atoms with Gasteiger partial charge in [0.15, 0.2) is 6.10 Å². The summed E-state index contributed by atoms with van der Waals surface area (Å²) in [4.78, 5) is 27.0. The van der Waals surface area contributed by atoms with E-state index in [0.29, 0.717) is 18.5 Å². The molecule has 2 aromatic rings. The minimum Gasteiger partial charge on any atom is -0.468 e. The number of hydrogen-bond acceptors (Lipinski definition) is 5. The fourth-order valence-corrected chi connectivity index (χ4v) is 3.73. The van der Waals surface area contributed by atoms with E-state index in [1.807, 2.05) is 24.3 Å². The van der Waals surface area contributed by atoms with E-state index in [-0.39, 0.29) is 11.9 Å². The Morgan fingerprint density at radius 3 is 2.77 bits per heavy atom. The second-order valence-corrected chi connectivity index (χ2v) is 6.77. The summed E-state index contributed by atoms with van der Waals surface area (Å²) in [6.45, 7) is 2.42. The fraction of sp³-hybridized carbons (Fsp3) is 0.400. The van der Waals surface area contributed by atoms with Crippen LogP contribution in [0, 0.1) is 0 Å². The number of ether oxygens (including phenoxy) is 1. The van der Waals surface area contributed by atoms with Crippen LogP contribution in [0.1, 0.15) is 40.6 Å². The Morgan fingerprint density at radius 1 is 1.19 bits per heavy atom. The first-order chi connectivity index (χ1) is 12.7. The number of furan rings is 1. The third kappa shape index (κ3) is 3.37. The molecule has 2 unspecified atom stereocenters. The zero-order valence-electron chi connectivity index (χ0n) is 14.5. The predicted molar refractivity (Wildman–Crippen MR) is 94.6 cm³/mol. The van der Waals surface area contributed by atoms with Crippen LogP contribution < -0.4 is 5.32 Å². The van der Waals surface area contributed by atoms with Crippen molar-refractivity contribution in [2.24, 2.45) is 0 Å². The van der Waals surface area contributed by atoms with Crippen LogP contribution >= 0.6 is 0 Å². The molecule has 1 saturated heterocycles. The summed E-state index contributed by atoms with van der Waals surface area (Å²) in [5.74, 6) is 0.149. The van der Waals surface area contributed by atoms with E-state index in [2.05, 4.69) is 10.2 Å². The van der Waals surface area contributed by atoms with Crippen LogP contribution in [0.25, 0.3) is 0 Å². The molecule has 1 aromatic carbocycles. The van der Waals surface area contributed by atoms with Crippen molar-refractivity contribution in [1.29, 1.82) is 0 Å². The molecule has 0 bridgehead atoms. The molecule has 26 heavy (non-hydrogen) atoms. The second-order valence-electron chi connectivity index (χ2n) is 6.77. The van der Waals surface area contributed by atoms with Gasteiger partial charge in [-0.3, -0.25) is 9.69 Å². The second kappa shape index (κ2) is 7.33. The highest BCUT2D eigenvalue weighted by Crippen LogP contribution is 2.25. The van der Waals surface area contributed by atoms with Gasteiger partial charge in [-0.2, -0.15) is 0 Å². The first kappa shape index (κ1) is 16.8. The average Bonchev–Trinajstić information content (AvgIpc) is 3.36. The molecule has 2 aliphatic heterocycles. The van der Waals surface area contributed by atoms with E-state index >= 15 is 0 Å². The third-order valence-electron chi connectivity index (χ3n) is 5.11. The molecule has 1 N–H and O–H groups in total. The number of esters is 1. The summed E-state index contributed by atoms with van der Waals surface area (Å²) < 4.78 is 10.9. The monoisotopic (exact) mass is 354 g/mol. The Morgan fingerprint density at radius 2 is 2.00 bits per heavy atom. The fourth-order valence-electron chi connectivity index (χ4n) is 3.73. The molecule has 1 amide bonds. The molecule has 6 nitrogen and oxygen atoms in total. The first-order valence-corrected chi connectivity index (χ1v) is 9.06. The van der Waals surface area contributed by atoms with Gasteiger partial charge in [0.1, 0.15) is 5.76 Å². The van der Waals surface area contributed by atoms with E-state index < -0.39 is 12.1 Å². The SMILES string of the molecule is O=C1OC(C(=O)NCC(c2ccco2)N2CCCC2)Cc2ccccc21. The van der Waals surface area contributed by atoms with Crippen molar-refractivity contribution in [1.82, 2.24) is 10.2 Å². The Hall–Kier alpha value is -2.60. The molecule has 6 heteroatoms. The number of nitrogens with zero attached hydrogens (tertiary/aromatic N) is 1. The zero-order valence-corrected chi connectivity index (χ0v) is 14.5. The zero-order chi connectivity index (χ0) is 17.9. The molecule has 3 heterocycles. The smallest absolute Gasteiger partial charge is 0.339 e. The van der Waals surface area contributed by atoms with Crippen LogP contribution in [0.2, 0.25) is 0 Å². The van der Waals surface area contributed by atoms with Gasteiger partial charge in [0, 0.05) is 13.0 Å². The minimum atomic E-state index is -0.784. The van der Waals surface area contributed by atoms with E-state index in [9.17, 15) is 9.59 Å². The largest absolute Gasteiger partial charge is 0.468 e. The molecule has 136 valence electrons. The van der Waals surface area contributed by atoms with Crippen molar-refractivity contribution in [3.8, 4) is 0 Å². The van der Waals surface area contributed by atoms with Gasteiger partial charge in [0.05, 0.1) is 17.9 Å². The minimum absolute atomic E-state index is 0.00280. The topological polar surface area (TPSA) is 71.8 Å². The lowest BCUT2D eigenvalue weighted by Gasteiger charge is -2.28. The lowest BCUT2D eigenvalue weighted by molar-refractivity contribution is -0.130. The van der Waals surface area contributed by atoms with Crippen LogP contribution in [-0.4, -0.2) is 42.5 Å². The number of carbonyl (C=O) groups excluding carboxylic acids is 2. The Labute approximate surface area is 152 Å². The number of amides is 1. The number of carbonyl (C=O) groups is 2. The molecule has 0 radical (unpaired) electrons. The van der Waals surface area contributed by atoms with Crippen molar-refractivity contribution in [3.63, 3.8) is 0 Å². The normalized spacial score (nSPS) is 21.1. The van der Waals surface area contributed by atoms with Gasteiger partial charge in [-0.05, 0) is 49.7 Å². The van der Waals surface area contributed by atoms with Crippen molar-refractivity contribution in [2.75, 3.05) is 19.6 Å². The maximum atomic E-state index is 12.6. The van der Waals surface area contributed by atoms with Gasteiger partial charge in [0.25, 0.3) is 5.91 Å². The molecule has 0 saturated carbocycles. The van der Waals surface area contributed by atoms with Crippen molar-refractivity contribution in [2.45, 2.75) is 31.4 Å². The molecular formula is C20H22N2O4. The van der Waals surface area contributed by atoms with Gasteiger partial charge in [-0.15, -0.1) is 0 Å². The maximum absolute atomic E-state index is 12.6. The number of rotatable bonds is 5. The lowest BCUT2D eigenvalue weighted by atomic mass is 9.98. The standard InChI is InChI=1S/C20H22N2O4/c23-19(18-12-14-6-1-2-7-15(14)20(24)26-18)21-13-16(17-8-5-11-25-17)22-9-3-4-10-22/h1-2,5-8,11,16,18H,3-4,9-10,12-13H2,(H,21,23). The number of nitrogens with one attached hydrogen (secondary N) is 1. The van der Waals surface area contributed by atoms with Crippen molar-refractivity contribution < 1.29 is 18.7 Å². The van der Waals surface area contributed by atoms with Crippen molar-refractivity contribution >= 4 is 11.9 Å². The van der Waals surface area contributed by atoms with Gasteiger partial charge >= 0.3 is 5.97 Å². The summed E-state index contributed by atoms with van der Waals surface area (Å²) in [5, 5.41) is 2.95. The molecule has 0 aliphatic carbocycles. The first-order valence-electron chi connectivity index (χ1n) is 9.06. The van der Waals surface area contributed by atoms with Crippen LogP contribution in [-0.2, 0) is 16.0 Å². The van der Waals surface area contributed by atoms with E-state index in [1.54, 1.807) is 18.4 Å². The molecule has 2 atom stereocenters. The van der Waals surface area contributed by atoms with Crippen LogP contribution in [0.4, 0.5) is 0 Å². The summed E-state index contributed by atoms with van der Waals surface area (Å²) >= 11 is 0. The molecule has 2 aliphatic rings. The number of cyclic esters (lactones) is 1. The Kier molecular flexibility index (Phi) is 4.75. The number of benzene rings is 1. The summed E-state index contributed by atoms with van der Waals surface area (Å²) in [7, 11) is 0. The number of likely N-dealkylation sites (tertiary alicyclic amines) is 1. The molecule has 4 rings (SSSR count). The molecule has 0 spiro atoms. The highest BCUT2D eigenvalue weighted by Gasteiger charge is 2.32. The van der Waals surface area contributed by atoms with Crippen LogP contribution in [0.5, 0.6) is 0 Å². The maximum Gasteiger partial charge on any atom is 0.339 e. The third-order valence-corrected chi connectivity index (χ3v) is 5.11. The van der Waals surface area contributed by atoms with Crippen LogP contribution in [0.15, 0.2) is 47.1 Å². The predicted octanol–water partition coefficient (Wildman–Crippen LogP) is 2.31. The summed E-state index contributed by atoms with van der Waals surface area (Å²) in [6.07, 6.45) is 3.58. The number of fused-ring (bicyclic) bond motifs is 1. The molecule has 1 fully saturated rings. The Balaban J connectivity index is 1.42. The number of hydrogen-bond donors (Lipinski definition) is 1. The van der Waals surface area contributed by atoms with E-state index in [1.165, 1.54) is 0 Å². The molecular weight excluding hydrogens is 332 g/mol. The van der Waals surface area contributed by atoms with E-state index in [4.69, 9.17) is 9.15 Å². The summed E-state index contributed by atoms with van der Waals surface area (Å²) in [5.41, 5.74) is 1.40. The van der Waals surface area contributed by atoms with Gasteiger partial charge in [0.2, 0.25) is 0 Å². The lowest BCUT2D eigenvalue weighted by Crippen LogP contribution is -2.44. The van der Waals surface area contributed by atoms with Crippen molar-refractivity contribution in [3.05, 3.63) is 59.5 Å². The highest BCUT2D eigenvalue weighted by atomic mass is 16.5. The summed E-state index contributed by atoms with van der Waals surface area (Å²) in [6, 6.07) is 11.1. The highest BCUT2D eigenvalue weighted by molar-refractivity contribution is 5.95. The van der Waals surface area contributed by atoms with Gasteiger partial charge in [-0.25, -0.2) is 4.79 Å². The van der Waals surface area contributed by atoms with Gasteiger partial charge < -0.3 is 14.5 Å². The Bertz CT molecular complexity index is 781. The molecule has 1 aromatic heterocycles. The van der Waals surface area contributed by atoms with Gasteiger partial charge in [-0.1, -0.05) is 18.2 Å². The average molecular weight is 354 g/mol. The quantitative estimate of drug-likeness (QED) is 0.835.